The maximum atomic E-state index is 12.7. The Balaban J connectivity index is 2.30. The minimum atomic E-state index is -1.07. The lowest BCUT2D eigenvalue weighted by atomic mass is 10.2. The summed E-state index contributed by atoms with van der Waals surface area (Å²) in [5.74, 6) is -1.44. The van der Waals surface area contributed by atoms with Crippen molar-refractivity contribution < 1.29 is 19.4 Å². The number of carboxylic acid groups (broad SMARTS) is 1. The Morgan fingerprint density at radius 1 is 1.33 bits per heavy atom. The Bertz CT molecular complexity index is 739. The fraction of sp³-hybridized carbons (Fsp3) is 0.353. The first-order valence-electron chi connectivity index (χ1n) is 7.55. The molecule has 0 atom stereocenters. The normalized spacial score (nSPS) is 10.6. The Morgan fingerprint density at radius 2 is 2.08 bits per heavy atom. The van der Waals surface area contributed by atoms with Gasteiger partial charge in [0, 0.05) is 13.7 Å². The Labute approximate surface area is 140 Å². The van der Waals surface area contributed by atoms with Crippen molar-refractivity contribution in [2.24, 2.45) is 0 Å². The molecule has 1 N–H and O–H groups in total. The average molecular weight is 331 g/mol. The van der Waals surface area contributed by atoms with E-state index in [-0.39, 0.29) is 25.6 Å². The summed E-state index contributed by atoms with van der Waals surface area (Å²) in [6.07, 6.45) is 1.47. The molecular formula is C17H21N3O4. The second-order valence-electron chi connectivity index (χ2n) is 5.51. The monoisotopic (exact) mass is 331 g/mol. The number of hydrogen-bond donors (Lipinski definition) is 1. The van der Waals surface area contributed by atoms with Gasteiger partial charge in [0.1, 0.15) is 6.54 Å². The van der Waals surface area contributed by atoms with Gasteiger partial charge in [0.2, 0.25) is 0 Å². The highest BCUT2D eigenvalue weighted by Gasteiger charge is 2.22. The zero-order valence-corrected chi connectivity index (χ0v) is 14.0. The van der Waals surface area contributed by atoms with Crippen LogP contribution in [0.3, 0.4) is 0 Å². The number of nitrogens with zero attached hydrogens (tertiary/aromatic N) is 3. The molecule has 1 aromatic heterocycles. The number of carbonyl (C=O) groups is 2. The quantitative estimate of drug-likeness (QED) is 0.834. The molecule has 0 saturated carbocycles. The van der Waals surface area contributed by atoms with Gasteiger partial charge in [-0.15, -0.1) is 0 Å². The van der Waals surface area contributed by atoms with E-state index in [1.165, 1.54) is 18.2 Å². The molecule has 0 aliphatic rings. The van der Waals surface area contributed by atoms with Crippen LogP contribution in [0.15, 0.2) is 30.5 Å². The van der Waals surface area contributed by atoms with Crippen LogP contribution in [0.2, 0.25) is 0 Å². The van der Waals surface area contributed by atoms with E-state index in [2.05, 4.69) is 5.10 Å². The van der Waals surface area contributed by atoms with Crippen LogP contribution in [0.25, 0.3) is 5.69 Å². The molecule has 7 nitrogen and oxygen atoms in total. The van der Waals surface area contributed by atoms with Gasteiger partial charge < -0.3 is 14.7 Å². The molecule has 128 valence electrons. The van der Waals surface area contributed by atoms with E-state index < -0.39 is 5.97 Å². The summed E-state index contributed by atoms with van der Waals surface area (Å²) in [5, 5.41) is 13.3. The minimum Gasteiger partial charge on any atom is -0.480 e. The number of amides is 1. The van der Waals surface area contributed by atoms with E-state index in [9.17, 15) is 9.59 Å². The first-order valence-corrected chi connectivity index (χ1v) is 7.55. The molecule has 0 spiro atoms. The molecule has 24 heavy (non-hydrogen) atoms. The van der Waals surface area contributed by atoms with E-state index >= 15 is 0 Å². The zero-order chi connectivity index (χ0) is 17.7. The molecule has 0 fully saturated rings. The SMILES string of the molecule is COCCN(CC(=O)O)C(=O)c1cnn(-c2cccc(C)c2)c1C. The van der Waals surface area contributed by atoms with Crippen LogP contribution in [0, 0.1) is 13.8 Å². The predicted molar refractivity (Wildman–Crippen MR) is 88.5 cm³/mol. The van der Waals surface area contributed by atoms with Crippen LogP contribution in [0.1, 0.15) is 21.6 Å². The lowest BCUT2D eigenvalue weighted by Gasteiger charge is -2.20. The Kier molecular flexibility index (Phi) is 5.70. The fourth-order valence-electron chi connectivity index (χ4n) is 2.43. The number of rotatable bonds is 7. The van der Waals surface area contributed by atoms with E-state index in [0.29, 0.717) is 11.3 Å². The molecule has 0 aliphatic heterocycles. The molecule has 0 radical (unpaired) electrons. The van der Waals surface area contributed by atoms with Crippen LogP contribution >= 0.6 is 0 Å². The molecule has 1 aromatic carbocycles. The maximum Gasteiger partial charge on any atom is 0.323 e. The van der Waals surface area contributed by atoms with E-state index in [1.54, 1.807) is 11.6 Å². The van der Waals surface area contributed by atoms with Crippen molar-refractivity contribution >= 4 is 11.9 Å². The topological polar surface area (TPSA) is 84.7 Å². The summed E-state index contributed by atoms with van der Waals surface area (Å²) in [4.78, 5) is 24.9. The number of methoxy groups -OCH3 is 1. The number of carboxylic acids is 1. The van der Waals surface area contributed by atoms with Gasteiger partial charge in [-0.25, -0.2) is 4.68 Å². The molecule has 0 saturated heterocycles. The van der Waals surface area contributed by atoms with Gasteiger partial charge in [0.25, 0.3) is 5.91 Å². The van der Waals surface area contributed by atoms with Crippen molar-refractivity contribution in [3.8, 4) is 5.69 Å². The second kappa shape index (κ2) is 7.74. The van der Waals surface area contributed by atoms with Crippen LogP contribution in [-0.4, -0.2) is 58.5 Å². The van der Waals surface area contributed by atoms with E-state index in [0.717, 1.165) is 11.3 Å². The van der Waals surface area contributed by atoms with Gasteiger partial charge in [-0.1, -0.05) is 12.1 Å². The van der Waals surface area contributed by atoms with Gasteiger partial charge >= 0.3 is 5.97 Å². The summed E-state index contributed by atoms with van der Waals surface area (Å²) < 4.78 is 6.63. The number of aryl methyl sites for hydroxylation is 1. The highest BCUT2D eigenvalue weighted by Crippen LogP contribution is 2.17. The largest absolute Gasteiger partial charge is 0.480 e. The van der Waals surface area contributed by atoms with Crippen molar-refractivity contribution in [3.05, 3.63) is 47.3 Å². The summed E-state index contributed by atoms with van der Waals surface area (Å²) in [6, 6.07) is 7.77. The van der Waals surface area contributed by atoms with Crippen molar-refractivity contribution in [2.75, 3.05) is 26.8 Å². The highest BCUT2D eigenvalue weighted by atomic mass is 16.5. The number of carbonyl (C=O) groups excluding carboxylic acids is 1. The van der Waals surface area contributed by atoms with Gasteiger partial charge in [-0.3, -0.25) is 9.59 Å². The number of ether oxygens (including phenoxy) is 1. The third-order valence-corrected chi connectivity index (χ3v) is 3.67. The highest BCUT2D eigenvalue weighted by molar-refractivity contribution is 5.96. The number of aromatic nitrogens is 2. The molecule has 0 unspecified atom stereocenters. The van der Waals surface area contributed by atoms with Crippen LogP contribution in [-0.2, 0) is 9.53 Å². The second-order valence-corrected chi connectivity index (χ2v) is 5.51. The van der Waals surface area contributed by atoms with Gasteiger partial charge in [0.15, 0.2) is 0 Å². The third kappa shape index (κ3) is 3.99. The standard InChI is InChI=1S/C17H21N3O4/c1-12-5-4-6-14(9-12)20-13(2)15(10-18-20)17(23)19(7-8-24-3)11-16(21)22/h4-6,9-10H,7-8,11H2,1-3H3,(H,21,22). The molecular weight excluding hydrogens is 310 g/mol. The average Bonchev–Trinajstić information content (AvgIpc) is 2.92. The first kappa shape index (κ1) is 17.7. The predicted octanol–water partition coefficient (Wildman–Crippen LogP) is 1.66. The zero-order valence-electron chi connectivity index (χ0n) is 14.0. The summed E-state index contributed by atoms with van der Waals surface area (Å²) >= 11 is 0. The van der Waals surface area contributed by atoms with Crippen molar-refractivity contribution in [1.29, 1.82) is 0 Å². The molecule has 2 rings (SSSR count). The summed E-state index contributed by atoms with van der Waals surface area (Å²) in [5.41, 5.74) is 2.99. The van der Waals surface area contributed by atoms with E-state index in [1.807, 2.05) is 31.2 Å². The van der Waals surface area contributed by atoms with Crippen LogP contribution in [0.5, 0.6) is 0 Å². The number of benzene rings is 1. The van der Waals surface area contributed by atoms with Gasteiger partial charge in [-0.05, 0) is 31.5 Å². The fourth-order valence-corrected chi connectivity index (χ4v) is 2.43. The maximum absolute atomic E-state index is 12.7. The van der Waals surface area contributed by atoms with Crippen LogP contribution < -0.4 is 0 Å². The lowest BCUT2D eigenvalue weighted by Crippen LogP contribution is -2.38. The molecule has 7 heteroatoms. The van der Waals surface area contributed by atoms with Crippen molar-refractivity contribution in [3.63, 3.8) is 0 Å². The van der Waals surface area contributed by atoms with Crippen molar-refractivity contribution in [2.45, 2.75) is 13.8 Å². The lowest BCUT2D eigenvalue weighted by molar-refractivity contribution is -0.137. The first-order chi connectivity index (χ1) is 11.4. The molecule has 2 aromatic rings. The molecule has 1 amide bonds. The Morgan fingerprint density at radius 3 is 2.71 bits per heavy atom. The van der Waals surface area contributed by atoms with Gasteiger partial charge in [0.05, 0.1) is 29.7 Å². The molecule has 1 heterocycles. The Hall–Kier alpha value is -2.67. The smallest absolute Gasteiger partial charge is 0.323 e. The van der Waals surface area contributed by atoms with Gasteiger partial charge in [-0.2, -0.15) is 5.10 Å². The molecule has 0 bridgehead atoms. The summed E-state index contributed by atoms with van der Waals surface area (Å²) in [7, 11) is 1.50. The van der Waals surface area contributed by atoms with Crippen LogP contribution in [0.4, 0.5) is 0 Å². The van der Waals surface area contributed by atoms with E-state index in [4.69, 9.17) is 9.84 Å². The molecule has 0 aliphatic carbocycles. The summed E-state index contributed by atoms with van der Waals surface area (Å²) in [6.45, 7) is 3.86. The third-order valence-electron chi connectivity index (χ3n) is 3.67. The number of aliphatic carboxylic acids is 1. The minimum absolute atomic E-state index is 0.205. The number of hydrogen-bond acceptors (Lipinski definition) is 4. The van der Waals surface area contributed by atoms with Crippen molar-refractivity contribution in [1.82, 2.24) is 14.7 Å².